The molecule has 0 bridgehead atoms. The van der Waals surface area contributed by atoms with Gasteiger partial charge in [0.1, 0.15) is 11.9 Å². The Morgan fingerprint density at radius 1 is 1.00 bits per heavy atom. The Labute approximate surface area is 185 Å². The van der Waals surface area contributed by atoms with Gasteiger partial charge in [0.05, 0.1) is 10.7 Å². The maximum absolute atomic E-state index is 14.0. The van der Waals surface area contributed by atoms with Crippen LogP contribution in [-0.2, 0) is 16.0 Å². The van der Waals surface area contributed by atoms with E-state index in [0.717, 1.165) is 0 Å². The molecule has 0 saturated carbocycles. The summed E-state index contributed by atoms with van der Waals surface area (Å²) < 4.78 is 14.0. The molecule has 1 aliphatic heterocycles. The third-order valence-corrected chi connectivity index (χ3v) is 5.38. The Morgan fingerprint density at radius 3 is 2.26 bits per heavy atom. The van der Waals surface area contributed by atoms with Crippen molar-refractivity contribution in [2.75, 3.05) is 31.5 Å². The van der Waals surface area contributed by atoms with Crippen molar-refractivity contribution in [3.63, 3.8) is 0 Å². The van der Waals surface area contributed by atoms with E-state index in [9.17, 15) is 18.8 Å². The number of urea groups is 1. The van der Waals surface area contributed by atoms with Gasteiger partial charge in [0.2, 0.25) is 11.8 Å². The van der Waals surface area contributed by atoms with Crippen molar-refractivity contribution in [3.05, 3.63) is 64.9 Å². The molecule has 7 nitrogen and oxygen atoms in total. The Balaban J connectivity index is 1.60. The Hall–Kier alpha value is -3.13. The number of hydrogen-bond donors (Lipinski definition) is 2. The van der Waals surface area contributed by atoms with Crippen molar-refractivity contribution in [1.29, 1.82) is 0 Å². The summed E-state index contributed by atoms with van der Waals surface area (Å²) in [5.74, 6) is -1.09. The van der Waals surface area contributed by atoms with Gasteiger partial charge in [0, 0.05) is 39.5 Å². The number of benzene rings is 2. The van der Waals surface area contributed by atoms with Crippen LogP contribution in [0.1, 0.15) is 12.5 Å². The third-order valence-electron chi connectivity index (χ3n) is 5.05. The van der Waals surface area contributed by atoms with Crippen molar-refractivity contribution >= 4 is 35.1 Å². The first-order chi connectivity index (χ1) is 14.8. The molecule has 1 unspecified atom stereocenters. The van der Waals surface area contributed by atoms with E-state index >= 15 is 0 Å². The molecule has 9 heteroatoms. The second-order valence-electron chi connectivity index (χ2n) is 7.27. The summed E-state index contributed by atoms with van der Waals surface area (Å²) in [4.78, 5) is 40.3. The van der Waals surface area contributed by atoms with Crippen LogP contribution in [0.2, 0.25) is 5.02 Å². The van der Waals surface area contributed by atoms with E-state index in [4.69, 9.17) is 11.6 Å². The Bertz CT molecular complexity index is 963. The smallest absolute Gasteiger partial charge is 0.322 e. The average molecular weight is 447 g/mol. The van der Waals surface area contributed by atoms with Crippen LogP contribution in [0.15, 0.2) is 48.5 Å². The lowest BCUT2D eigenvalue weighted by atomic mass is 10.0. The Kier molecular flexibility index (Phi) is 7.46. The van der Waals surface area contributed by atoms with Gasteiger partial charge in [-0.3, -0.25) is 9.59 Å². The van der Waals surface area contributed by atoms with Gasteiger partial charge in [-0.05, 0) is 23.8 Å². The highest BCUT2D eigenvalue weighted by Crippen LogP contribution is 2.21. The number of para-hydroxylation sites is 1. The molecule has 0 aromatic heterocycles. The first kappa shape index (κ1) is 22.6. The SMILES string of the molecule is CC(=O)NC(Cc1ccccc1F)C(=O)N1CCN(C(=O)Nc2ccccc2Cl)CC1. The first-order valence-electron chi connectivity index (χ1n) is 9.95. The van der Waals surface area contributed by atoms with E-state index in [2.05, 4.69) is 10.6 Å². The third kappa shape index (κ3) is 5.95. The predicted octanol–water partition coefficient (Wildman–Crippen LogP) is 2.90. The first-order valence-corrected chi connectivity index (χ1v) is 10.3. The van der Waals surface area contributed by atoms with E-state index in [-0.39, 0.29) is 24.3 Å². The molecule has 1 aliphatic rings. The lowest BCUT2D eigenvalue weighted by molar-refractivity contribution is -0.137. The van der Waals surface area contributed by atoms with Gasteiger partial charge in [0.15, 0.2) is 0 Å². The number of anilines is 1. The lowest BCUT2D eigenvalue weighted by Crippen LogP contribution is -2.56. The topological polar surface area (TPSA) is 81.8 Å². The molecule has 1 atom stereocenters. The largest absolute Gasteiger partial charge is 0.344 e. The van der Waals surface area contributed by atoms with Crippen molar-refractivity contribution in [2.24, 2.45) is 0 Å². The van der Waals surface area contributed by atoms with E-state index in [0.29, 0.717) is 42.5 Å². The summed E-state index contributed by atoms with van der Waals surface area (Å²) in [7, 11) is 0. The summed E-state index contributed by atoms with van der Waals surface area (Å²) in [6.45, 7) is 2.59. The summed E-state index contributed by atoms with van der Waals surface area (Å²) in [5, 5.41) is 5.83. The summed E-state index contributed by atoms with van der Waals surface area (Å²) >= 11 is 6.08. The summed E-state index contributed by atoms with van der Waals surface area (Å²) in [6.07, 6.45) is 0.0539. The normalized spacial score (nSPS) is 14.7. The maximum atomic E-state index is 14.0. The minimum Gasteiger partial charge on any atom is -0.344 e. The minimum atomic E-state index is -0.877. The van der Waals surface area contributed by atoms with Crippen LogP contribution in [0.25, 0.3) is 0 Å². The molecule has 0 radical (unpaired) electrons. The fourth-order valence-corrected chi connectivity index (χ4v) is 3.62. The molecule has 0 aliphatic carbocycles. The van der Waals surface area contributed by atoms with Crippen molar-refractivity contribution < 1.29 is 18.8 Å². The van der Waals surface area contributed by atoms with E-state index in [1.807, 2.05) is 0 Å². The number of rotatable bonds is 5. The monoisotopic (exact) mass is 446 g/mol. The number of amides is 4. The number of hydrogen-bond acceptors (Lipinski definition) is 3. The van der Waals surface area contributed by atoms with Gasteiger partial charge >= 0.3 is 6.03 Å². The minimum absolute atomic E-state index is 0.0539. The molecule has 2 aromatic rings. The second kappa shape index (κ2) is 10.3. The number of nitrogens with one attached hydrogen (secondary N) is 2. The molecule has 4 amide bonds. The molecule has 164 valence electrons. The fourth-order valence-electron chi connectivity index (χ4n) is 3.44. The van der Waals surface area contributed by atoms with Gasteiger partial charge in [-0.2, -0.15) is 0 Å². The number of halogens is 2. The predicted molar refractivity (Wildman–Crippen MR) is 116 cm³/mol. The van der Waals surface area contributed by atoms with Crippen LogP contribution in [0, 0.1) is 5.82 Å². The number of carbonyl (C=O) groups is 3. The van der Waals surface area contributed by atoms with Crippen LogP contribution < -0.4 is 10.6 Å². The van der Waals surface area contributed by atoms with Crippen LogP contribution >= 0.6 is 11.6 Å². The standard InChI is InChI=1S/C22H24ClFN4O3/c1-15(29)25-20(14-16-6-2-4-8-18(16)24)21(30)27-10-12-28(13-11-27)22(31)26-19-9-5-3-7-17(19)23/h2-9,20H,10-14H2,1H3,(H,25,29)(H,26,31). The van der Waals surface area contributed by atoms with Gasteiger partial charge in [-0.1, -0.05) is 41.9 Å². The second-order valence-corrected chi connectivity index (χ2v) is 7.68. The summed E-state index contributed by atoms with van der Waals surface area (Å²) in [6, 6.07) is 11.9. The van der Waals surface area contributed by atoms with E-state index in [1.165, 1.54) is 13.0 Å². The van der Waals surface area contributed by atoms with Gasteiger partial charge in [-0.15, -0.1) is 0 Å². The van der Waals surface area contributed by atoms with Crippen LogP contribution in [-0.4, -0.2) is 59.9 Å². The van der Waals surface area contributed by atoms with Crippen molar-refractivity contribution in [1.82, 2.24) is 15.1 Å². The number of piperazine rings is 1. The number of carbonyl (C=O) groups excluding carboxylic acids is 3. The van der Waals surface area contributed by atoms with E-state index < -0.39 is 11.9 Å². The molecule has 0 spiro atoms. The zero-order chi connectivity index (χ0) is 22.4. The fraction of sp³-hybridized carbons (Fsp3) is 0.318. The van der Waals surface area contributed by atoms with Crippen LogP contribution in [0.3, 0.4) is 0 Å². The molecule has 3 rings (SSSR count). The zero-order valence-electron chi connectivity index (χ0n) is 17.1. The molecule has 1 heterocycles. The average Bonchev–Trinajstić information content (AvgIpc) is 2.75. The summed E-state index contributed by atoms with van der Waals surface area (Å²) in [5.41, 5.74) is 0.871. The highest BCUT2D eigenvalue weighted by Gasteiger charge is 2.30. The van der Waals surface area contributed by atoms with Gasteiger partial charge < -0.3 is 20.4 Å². The lowest BCUT2D eigenvalue weighted by Gasteiger charge is -2.36. The van der Waals surface area contributed by atoms with Gasteiger partial charge in [0.25, 0.3) is 0 Å². The van der Waals surface area contributed by atoms with Crippen LogP contribution in [0.4, 0.5) is 14.9 Å². The molecule has 1 fully saturated rings. The Morgan fingerprint density at radius 2 is 1.61 bits per heavy atom. The van der Waals surface area contributed by atoms with Gasteiger partial charge in [-0.25, -0.2) is 9.18 Å². The van der Waals surface area contributed by atoms with Crippen molar-refractivity contribution in [2.45, 2.75) is 19.4 Å². The zero-order valence-corrected chi connectivity index (χ0v) is 17.9. The highest BCUT2D eigenvalue weighted by atomic mass is 35.5. The molecule has 2 aromatic carbocycles. The molecule has 2 N–H and O–H groups in total. The highest BCUT2D eigenvalue weighted by molar-refractivity contribution is 6.33. The molecular weight excluding hydrogens is 423 g/mol. The quantitative estimate of drug-likeness (QED) is 0.741. The molecule has 31 heavy (non-hydrogen) atoms. The van der Waals surface area contributed by atoms with Crippen LogP contribution in [0.5, 0.6) is 0 Å². The molecular formula is C22H24ClFN4O3. The van der Waals surface area contributed by atoms with E-state index in [1.54, 1.807) is 52.3 Å². The van der Waals surface area contributed by atoms with Crippen molar-refractivity contribution in [3.8, 4) is 0 Å². The maximum Gasteiger partial charge on any atom is 0.322 e. The number of nitrogens with zero attached hydrogens (tertiary/aromatic N) is 2. The molecule has 1 saturated heterocycles.